The van der Waals surface area contributed by atoms with Crippen molar-refractivity contribution in [1.82, 2.24) is 9.97 Å². The Morgan fingerprint density at radius 1 is 1.05 bits per heavy atom. The number of aromatic nitrogens is 2. The van der Waals surface area contributed by atoms with Crippen molar-refractivity contribution in [2.24, 2.45) is 0 Å². The summed E-state index contributed by atoms with van der Waals surface area (Å²) in [6.45, 7) is 1.44. The number of ketones is 1. The Kier molecular flexibility index (Phi) is 3.60. The van der Waals surface area contributed by atoms with E-state index < -0.39 is 17.2 Å². The fraction of sp³-hybridized carbons (Fsp3) is 0.0769. The molecule has 20 heavy (non-hydrogen) atoms. The summed E-state index contributed by atoms with van der Waals surface area (Å²) in [5, 5.41) is 2.51. The highest BCUT2D eigenvalue weighted by Crippen LogP contribution is 2.10. The van der Waals surface area contributed by atoms with Gasteiger partial charge in [-0.2, -0.15) is 0 Å². The second-order valence-corrected chi connectivity index (χ2v) is 4.09. The predicted molar refractivity (Wildman–Crippen MR) is 72.1 cm³/mol. The Labute approximate surface area is 112 Å². The van der Waals surface area contributed by atoms with Gasteiger partial charge in [-0.15, -0.1) is 0 Å². The molecule has 2 rings (SSSR count). The molecule has 0 radical (unpaired) electrons. The maximum Gasteiger partial charge on any atom is 0.326 e. The molecule has 7 heteroatoms. The lowest BCUT2D eigenvalue weighted by Crippen LogP contribution is -2.27. The maximum atomic E-state index is 11.8. The zero-order valence-corrected chi connectivity index (χ0v) is 10.5. The van der Waals surface area contributed by atoms with E-state index in [1.165, 1.54) is 6.92 Å². The lowest BCUT2D eigenvalue weighted by Gasteiger charge is -2.05. The Bertz CT molecular complexity index is 743. The van der Waals surface area contributed by atoms with Crippen molar-refractivity contribution in [3.8, 4) is 0 Å². The molecule has 1 heterocycles. The van der Waals surface area contributed by atoms with Crippen LogP contribution in [-0.4, -0.2) is 21.7 Å². The average Bonchev–Trinajstić information content (AvgIpc) is 2.38. The minimum Gasteiger partial charge on any atom is -0.321 e. The van der Waals surface area contributed by atoms with Crippen molar-refractivity contribution < 1.29 is 9.59 Å². The van der Waals surface area contributed by atoms with Gasteiger partial charge in [-0.3, -0.25) is 19.4 Å². The molecule has 1 aromatic heterocycles. The SMILES string of the molecule is CC(=O)c1ccc(NC(=O)c2cc(=O)[nH]c(=O)[nH]2)cc1. The number of carbonyl (C=O) groups is 2. The number of Topliss-reactive ketones (excluding diaryl/α,β-unsaturated/α-hetero) is 1. The van der Waals surface area contributed by atoms with Crippen LogP contribution < -0.4 is 16.6 Å². The van der Waals surface area contributed by atoms with Gasteiger partial charge < -0.3 is 10.3 Å². The van der Waals surface area contributed by atoms with Crippen LogP contribution in [0.2, 0.25) is 0 Å². The van der Waals surface area contributed by atoms with E-state index >= 15 is 0 Å². The molecular formula is C13H11N3O4. The van der Waals surface area contributed by atoms with Crippen LogP contribution >= 0.6 is 0 Å². The van der Waals surface area contributed by atoms with Crippen LogP contribution in [0.1, 0.15) is 27.8 Å². The summed E-state index contributed by atoms with van der Waals surface area (Å²) in [5.74, 6) is -0.703. The monoisotopic (exact) mass is 273 g/mol. The second kappa shape index (κ2) is 5.35. The first-order valence-electron chi connectivity index (χ1n) is 5.72. The highest BCUT2D eigenvalue weighted by molar-refractivity contribution is 6.03. The molecule has 1 aromatic carbocycles. The van der Waals surface area contributed by atoms with Gasteiger partial charge in [0.25, 0.3) is 11.5 Å². The van der Waals surface area contributed by atoms with Crippen LogP contribution in [0.3, 0.4) is 0 Å². The molecule has 0 saturated heterocycles. The van der Waals surface area contributed by atoms with Gasteiger partial charge in [0.2, 0.25) is 0 Å². The fourth-order valence-electron chi connectivity index (χ4n) is 1.58. The number of anilines is 1. The standard InChI is InChI=1S/C13H11N3O4/c1-7(17)8-2-4-9(5-3-8)14-12(19)10-6-11(18)16-13(20)15-10/h2-6H,1H3,(H,14,19)(H2,15,16,18,20). The maximum absolute atomic E-state index is 11.8. The van der Waals surface area contributed by atoms with Crippen LogP contribution in [0.25, 0.3) is 0 Å². The summed E-state index contributed by atoms with van der Waals surface area (Å²) in [5.41, 5.74) is -0.594. The first kappa shape index (κ1) is 13.5. The molecule has 3 N–H and O–H groups in total. The number of carbonyl (C=O) groups excluding carboxylic acids is 2. The third-order valence-corrected chi connectivity index (χ3v) is 2.55. The summed E-state index contributed by atoms with van der Waals surface area (Å²) in [7, 11) is 0. The smallest absolute Gasteiger partial charge is 0.321 e. The highest BCUT2D eigenvalue weighted by atomic mass is 16.2. The number of hydrogen-bond acceptors (Lipinski definition) is 4. The van der Waals surface area contributed by atoms with Gasteiger partial charge in [0, 0.05) is 17.3 Å². The number of H-pyrrole nitrogens is 2. The normalized spacial score (nSPS) is 10.1. The quantitative estimate of drug-likeness (QED) is 0.707. The summed E-state index contributed by atoms with van der Waals surface area (Å²) < 4.78 is 0. The number of nitrogens with one attached hydrogen (secondary N) is 3. The summed E-state index contributed by atoms with van der Waals surface area (Å²) in [4.78, 5) is 49.3. The molecule has 0 aliphatic carbocycles. The molecule has 0 saturated carbocycles. The molecule has 0 bridgehead atoms. The van der Waals surface area contributed by atoms with Crippen molar-refractivity contribution >= 4 is 17.4 Å². The number of aromatic amines is 2. The molecule has 0 atom stereocenters. The van der Waals surface area contributed by atoms with Crippen molar-refractivity contribution in [1.29, 1.82) is 0 Å². The van der Waals surface area contributed by atoms with Crippen molar-refractivity contribution in [2.45, 2.75) is 6.92 Å². The van der Waals surface area contributed by atoms with Crippen molar-refractivity contribution in [3.05, 3.63) is 62.4 Å². The van der Waals surface area contributed by atoms with Crippen molar-refractivity contribution in [3.63, 3.8) is 0 Å². The van der Waals surface area contributed by atoms with E-state index in [0.29, 0.717) is 11.3 Å². The van der Waals surface area contributed by atoms with Crippen LogP contribution in [0.15, 0.2) is 39.9 Å². The van der Waals surface area contributed by atoms with Gasteiger partial charge in [0.05, 0.1) is 0 Å². The van der Waals surface area contributed by atoms with E-state index in [1.54, 1.807) is 24.3 Å². The van der Waals surface area contributed by atoms with Gasteiger partial charge in [0.1, 0.15) is 5.69 Å². The third kappa shape index (κ3) is 3.08. The molecule has 0 aliphatic rings. The first-order chi connectivity index (χ1) is 9.45. The largest absolute Gasteiger partial charge is 0.326 e. The third-order valence-electron chi connectivity index (χ3n) is 2.55. The van der Waals surface area contributed by atoms with Gasteiger partial charge >= 0.3 is 5.69 Å². The first-order valence-corrected chi connectivity index (χ1v) is 5.72. The molecule has 0 aliphatic heterocycles. The predicted octanol–water partition coefficient (Wildman–Crippen LogP) is 0.518. The Morgan fingerprint density at radius 3 is 2.25 bits per heavy atom. The Balaban J connectivity index is 2.21. The number of amides is 1. The molecule has 0 fully saturated rings. The minimum atomic E-state index is -0.755. The van der Waals surface area contributed by atoms with E-state index in [2.05, 4.69) is 10.3 Å². The van der Waals surface area contributed by atoms with E-state index in [4.69, 9.17) is 0 Å². The fourth-order valence-corrected chi connectivity index (χ4v) is 1.58. The zero-order chi connectivity index (χ0) is 14.7. The summed E-state index contributed by atoms with van der Waals surface area (Å²) in [6, 6.07) is 7.23. The minimum absolute atomic E-state index is 0.0817. The summed E-state index contributed by atoms with van der Waals surface area (Å²) in [6.07, 6.45) is 0. The molecule has 102 valence electrons. The molecule has 0 unspecified atom stereocenters. The highest BCUT2D eigenvalue weighted by Gasteiger charge is 2.08. The van der Waals surface area contributed by atoms with Crippen LogP contribution in [0.5, 0.6) is 0 Å². The van der Waals surface area contributed by atoms with Crippen LogP contribution in [0.4, 0.5) is 5.69 Å². The van der Waals surface area contributed by atoms with Gasteiger partial charge in [-0.1, -0.05) is 0 Å². The summed E-state index contributed by atoms with van der Waals surface area (Å²) >= 11 is 0. The molecule has 1 amide bonds. The van der Waals surface area contributed by atoms with Crippen molar-refractivity contribution in [2.75, 3.05) is 5.32 Å². The lowest BCUT2D eigenvalue weighted by atomic mass is 10.1. The topological polar surface area (TPSA) is 112 Å². The van der Waals surface area contributed by atoms with Crippen LogP contribution in [-0.2, 0) is 0 Å². The molecule has 2 aromatic rings. The second-order valence-electron chi connectivity index (χ2n) is 4.09. The number of hydrogen-bond donors (Lipinski definition) is 3. The Morgan fingerprint density at radius 2 is 1.70 bits per heavy atom. The molecular weight excluding hydrogens is 262 g/mol. The molecule has 0 spiro atoms. The lowest BCUT2D eigenvalue weighted by molar-refractivity contribution is 0.101. The van der Waals surface area contributed by atoms with Gasteiger partial charge in [-0.05, 0) is 31.2 Å². The van der Waals surface area contributed by atoms with E-state index in [-0.39, 0.29) is 11.5 Å². The number of rotatable bonds is 3. The Hall–Kier alpha value is -2.96. The number of benzene rings is 1. The molecule has 7 nitrogen and oxygen atoms in total. The van der Waals surface area contributed by atoms with Gasteiger partial charge in [0.15, 0.2) is 5.78 Å². The van der Waals surface area contributed by atoms with Crippen LogP contribution in [0, 0.1) is 0 Å². The van der Waals surface area contributed by atoms with E-state index in [1.807, 2.05) is 4.98 Å². The van der Waals surface area contributed by atoms with E-state index in [0.717, 1.165) is 6.07 Å². The average molecular weight is 273 g/mol. The zero-order valence-electron chi connectivity index (χ0n) is 10.5. The van der Waals surface area contributed by atoms with Gasteiger partial charge in [-0.25, -0.2) is 4.79 Å². The van der Waals surface area contributed by atoms with E-state index in [9.17, 15) is 19.2 Å².